The predicted molar refractivity (Wildman–Crippen MR) is 52.4 cm³/mol. The Bertz CT molecular complexity index is 256. The van der Waals surface area contributed by atoms with Gasteiger partial charge in [0.15, 0.2) is 0 Å². The minimum absolute atomic E-state index is 0.0126. The van der Waals surface area contributed by atoms with Gasteiger partial charge in [0, 0.05) is 12.4 Å². The average molecular weight is 250 g/mol. The zero-order valence-corrected chi connectivity index (χ0v) is 9.65. The zero-order chi connectivity index (χ0) is 11.4. The molecule has 0 bridgehead atoms. The van der Waals surface area contributed by atoms with Crippen molar-refractivity contribution in [3.05, 3.63) is 0 Å². The van der Waals surface area contributed by atoms with E-state index in [-0.39, 0.29) is 12.4 Å². The van der Waals surface area contributed by atoms with Crippen LogP contribution >= 0.6 is 11.6 Å². The Balaban J connectivity index is 4.64. The van der Waals surface area contributed by atoms with Gasteiger partial charge in [-0.3, -0.25) is 0 Å². The fourth-order valence-electron chi connectivity index (χ4n) is 0.869. The molecule has 3 nitrogen and oxygen atoms in total. The lowest BCUT2D eigenvalue weighted by Gasteiger charge is -2.22. The molecule has 0 fully saturated rings. The van der Waals surface area contributed by atoms with E-state index in [0.29, 0.717) is 0 Å². The van der Waals surface area contributed by atoms with Crippen molar-refractivity contribution in [1.82, 2.24) is 4.31 Å². The van der Waals surface area contributed by atoms with E-state index in [1.807, 2.05) is 0 Å². The Hall–Kier alpha value is 0.0600. The molecule has 0 radical (unpaired) electrons. The molecule has 0 saturated heterocycles. The highest BCUT2D eigenvalue weighted by atomic mass is 35.5. The lowest BCUT2D eigenvalue weighted by Crippen LogP contribution is -2.40. The van der Waals surface area contributed by atoms with Crippen LogP contribution in [0.4, 0.5) is 8.78 Å². The first-order valence-electron chi connectivity index (χ1n) is 4.15. The van der Waals surface area contributed by atoms with Crippen molar-refractivity contribution in [3.8, 4) is 0 Å². The summed E-state index contributed by atoms with van der Waals surface area (Å²) in [6, 6.07) is 0. The Morgan fingerprint density at radius 1 is 1.36 bits per heavy atom. The van der Waals surface area contributed by atoms with Crippen LogP contribution in [0, 0.1) is 0 Å². The number of halogens is 3. The zero-order valence-electron chi connectivity index (χ0n) is 8.08. The Morgan fingerprint density at radius 2 is 1.86 bits per heavy atom. The third kappa shape index (κ3) is 4.06. The second kappa shape index (κ2) is 5.82. The molecule has 0 aromatic rings. The summed E-state index contributed by atoms with van der Waals surface area (Å²) in [4.78, 5) is 0. The monoisotopic (exact) mass is 249 g/mol. The van der Waals surface area contributed by atoms with Crippen molar-refractivity contribution in [2.24, 2.45) is 0 Å². The van der Waals surface area contributed by atoms with E-state index in [1.165, 1.54) is 13.8 Å². The van der Waals surface area contributed by atoms with Gasteiger partial charge in [-0.05, 0) is 13.8 Å². The highest BCUT2D eigenvalue weighted by molar-refractivity contribution is 7.89. The molecule has 86 valence electrons. The summed E-state index contributed by atoms with van der Waals surface area (Å²) in [6.07, 6.45) is -2.67. The van der Waals surface area contributed by atoms with E-state index in [4.69, 9.17) is 11.6 Å². The van der Waals surface area contributed by atoms with Gasteiger partial charge in [0.25, 0.3) is 6.43 Å². The van der Waals surface area contributed by atoms with Gasteiger partial charge in [-0.15, -0.1) is 11.6 Å². The van der Waals surface area contributed by atoms with Crippen molar-refractivity contribution in [1.29, 1.82) is 0 Å². The number of alkyl halides is 3. The summed E-state index contributed by atoms with van der Waals surface area (Å²) < 4.78 is 47.8. The number of sulfonamides is 1. The highest BCUT2D eigenvalue weighted by Crippen LogP contribution is 2.11. The molecule has 0 amide bonds. The van der Waals surface area contributed by atoms with Gasteiger partial charge < -0.3 is 0 Å². The SMILES string of the molecule is CC(C)S(=O)(=O)N(CCCl)CC(F)F. The van der Waals surface area contributed by atoms with Crippen molar-refractivity contribution in [3.63, 3.8) is 0 Å². The third-order valence-corrected chi connectivity index (χ3v) is 4.04. The largest absolute Gasteiger partial charge is 0.252 e. The summed E-state index contributed by atoms with van der Waals surface area (Å²) in [6.45, 7) is 2.03. The molecule has 0 unspecified atom stereocenters. The molecule has 0 spiro atoms. The number of nitrogens with zero attached hydrogens (tertiary/aromatic N) is 1. The van der Waals surface area contributed by atoms with Crippen molar-refractivity contribution in [2.75, 3.05) is 19.0 Å². The summed E-state index contributed by atoms with van der Waals surface area (Å²) in [5, 5.41) is -0.704. The Kier molecular flexibility index (Phi) is 5.85. The second-order valence-corrected chi connectivity index (χ2v) is 5.90. The number of rotatable bonds is 6. The maximum atomic E-state index is 12.1. The average Bonchev–Trinajstić information content (AvgIpc) is 2.02. The number of hydrogen-bond donors (Lipinski definition) is 0. The molecular weight excluding hydrogens is 236 g/mol. The molecule has 0 N–H and O–H groups in total. The predicted octanol–water partition coefficient (Wildman–Crippen LogP) is 1.53. The lowest BCUT2D eigenvalue weighted by molar-refractivity contribution is 0.121. The van der Waals surface area contributed by atoms with Crippen LogP contribution in [0.25, 0.3) is 0 Å². The highest BCUT2D eigenvalue weighted by Gasteiger charge is 2.27. The summed E-state index contributed by atoms with van der Waals surface area (Å²) in [7, 11) is -3.63. The first kappa shape index (κ1) is 14.1. The third-order valence-electron chi connectivity index (χ3n) is 1.63. The molecule has 0 atom stereocenters. The van der Waals surface area contributed by atoms with Gasteiger partial charge in [-0.25, -0.2) is 17.2 Å². The number of hydrogen-bond acceptors (Lipinski definition) is 2. The quantitative estimate of drug-likeness (QED) is 0.670. The summed E-state index contributed by atoms with van der Waals surface area (Å²) >= 11 is 5.34. The molecule has 0 saturated carbocycles. The molecular formula is C7H14ClF2NO2S. The molecule has 0 heterocycles. The second-order valence-electron chi connectivity index (χ2n) is 3.03. The van der Waals surface area contributed by atoms with Gasteiger partial charge >= 0.3 is 0 Å². The van der Waals surface area contributed by atoms with E-state index >= 15 is 0 Å². The van der Waals surface area contributed by atoms with Crippen LogP contribution in [0.5, 0.6) is 0 Å². The molecule has 0 aromatic heterocycles. The minimum atomic E-state index is -3.63. The molecule has 0 aliphatic carbocycles. The first-order valence-corrected chi connectivity index (χ1v) is 6.19. The summed E-state index contributed by atoms with van der Waals surface area (Å²) in [5.74, 6) is 0.0126. The maximum Gasteiger partial charge on any atom is 0.252 e. The van der Waals surface area contributed by atoms with E-state index in [1.54, 1.807) is 0 Å². The van der Waals surface area contributed by atoms with Gasteiger partial charge in [-0.1, -0.05) is 0 Å². The molecule has 0 aliphatic rings. The maximum absolute atomic E-state index is 12.1. The van der Waals surface area contributed by atoms with E-state index in [0.717, 1.165) is 4.31 Å². The van der Waals surface area contributed by atoms with Crippen LogP contribution in [-0.4, -0.2) is 43.4 Å². The molecule has 0 rings (SSSR count). The van der Waals surface area contributed by atoms with E-state index in [2.05, 4.69) is 0 Å². The van der Waals surface area contributed by atoms with Crippen LogP contribution in [0.3, 0.4) is 0 Å². The smallest absolute Gasteiger partial charge is 0.212 e. The van der Waals surface area contributed by atoms with Gasteiger partial charge in [0.05, 0.1) is 11.8 Å². The summed E-state index contributed by atoms with van der Waals surface area (Å²) in [5.41, 5.74) is 0. The van der Waals surface area contributed by atoms with Crippen LogP contribution in [0.15, 0.2) is 0 Å². The van der Waals surface area contributed by atoms with Crippen LogP contribution in [0.2, 0.25) is 0 Å². The fraction of sp³-hybridized carbons (Fsp3) is 1.00. The first-order chi connectivity index (χ1) is 6.32. The van der Waals surface area contributed by atoms with Gasteiger partial charge in [0.1, 0.15) is 0 Å². The molecule has 14 heavy (non-hydrogen) atoms. The van der Waals surface area contributed by atoms with Crippen molar-refractivity contribution >= 4 is 21.6 Å². The van der Waals surface area contributed by atoms with Crippen molar-refractivity contribution in [2.45, 2.75) is 25.5 Å². The molecule has 0 aromatic carbocycles. The fourth-order valence-corrected chi connectivity index (χ4v) is 2.44. The van der Waals surface area contributed by atoms with E-state index in [9.17, 15) is 17.2 Å². The Labute approximate surface area is 88.1 Å². The Morgan fingerprint density at radius 3 is 2.14 bits per heavy atom. The minimum Gasteiger partial charge on any atom is -0.212 e. The van der Waals surface area contributed by atoms with Crippen LogP contribution < -0.4 is 0 Å². The lowest BCUT2D eigenvalue weighted by atomic mass is 10.6. The van der Waals surface area contributed by atoms with Crippen LogP contribution in [-0.2, 0) is 10.0 Å². The standard InChI is InChI=1S/C7H14ClF2NO2S/c1-6(2)14(12,13)11(4-3-8)5-7(9)10/h6-7H,3-5H2,1-2H3. The van der Waals surface area contributed by atoms with Gasteiger partial charge in [0.2, 0.25) is 10.0 Å². The van der Waals surface area contributed by atoms with E-state index < -0.39 is 28.2 Å². The molecule has 0 aliphatic heterocycles. The van der Waals surface area contributed by atoms with Gasteiger partial charge in [-0.2, -0.15) is 4.31 Å². The topological polar surface area (TPSA) is 37.4 Å². The van der Waals surface area contributed by atoms with Crippen molar-refractivity contribution < 1.29 is 17.2 Å². The normalized spacial score (nSPS) is 13.1. The van der Waals surface area contributed by atoms with Crippen LogP contribution in [0.1, 0.15) is 13.8 Å². The molecule has 7 heteroatoms.